The molecular formula is C47H80NO8P. The monoisotopic (exact) mass is 818 g/mol. The lowest BCUT2D eigenvalue weighted by Gasteiger charge is -2.20. The highest BCUT2D eigenvalue weighted by atomic mass is 31.2. The number of likely N-dealkylation sites (N-methyl/N-ethyl adjacent to an activating group) is 1. The Labute approximate surface area is 348 Å². The zero-order valence-electron chi connectivity index (χ0n) is 36.2. The molecule has 10 heteroatoms. The molecule has 9 nitrogen and oxygen atoms in total. The van der Waals surface area contributed by atoms with Crippen molar-refractivity contribution in [3.05, 3.63) is 85.1 Å². The van der Waals surface area contributed by atoms with Crippen LogP contribution in [0.3, 0.4) is 0 Å². The second kappa shape index (κ2) is 41.4. The smallest absolute Gasteiger partial charge is 0.462 e. The van der Waals surface area contributed by atoms with E-state index in [2.05, 4.69) is 98.9 Å². The number of rotatable bonds is 39. The molecule has 0 aliphatic heterocycles. The maximum absolute atomic E-state index is 12.6. The lowest BCUT2D eigenvalue weighted by molar-refractivity contribution is -0.161. The highest BCUT2D eigenvalue weighted by molar-refractivity contribution is 7.47. The van der Waals surface area contributed by atoms with Crippen LogP contribution in [0.5, 0.6) is 0 Å². The van der Waals surface area contributed by atoms with E-state index in [1.165, 1.54) is 25.7 Å². The van der Waals surface area contributed by atoms with Gasteiger partial charge in [-0.05, 0) is 104 Å². The minimum Gasteiger partial charge on any atom is -0.462 e. The first-order chi connectivity index (χ1) is 27.7. The predicted octanol–water partition coefficient (Wildman–Crippen LogP) is 12.7. The molecule has 326 valence electrons. The Hall–Kier alpha value is -2.81. The maximum Gasteiger partial charge on any atom is 0.472 e. The average molecular weight is 818 g/mol. The number of ether oxygens (including phenoxy) is 2. The van der Waals surface area contributed by atoms with Crippen molar-refractivity contribution in [2.24, 2.45) is 0 Å². The van der Waals surface area contributed by atoms with E-state index >= 15 is 0 Å². The summed E-state index contributed by atoms with van der Waals surface area (Å²) in [6.07, 6.45) is 50.6. The number of allylic oxidation sites excluding steroid dienone is 14. The van der Waals surface area contributed by atoms with Gasteiger partial charge in [0, 0.05) is 19.4 Å². The van der Waals surface area contributed by atoms with Crippen molar-refractivity contribution in [2.45, 2.75) is 161 Å². The van der Waals surface area contributed by atoms with Gasteiger partial charge in [0.05, 0.1) is 13.2 Å². The van der Waals surface area contributed by atoms with Gasteiger partial charge in [-0.15, -0.1) is 0 Å². The molecule has 0 heterocycles. The molecule has 1 N–H and O–H groups in total. The highest BCUT2D eigenvalue weighted by Crippen LogP contribution is 2.43. The van der Waals surface area contributed by atoms with Crippen molar-refractivity contribution in [3.63, 3.8) is 0 Å². The minimum absolute atomic E-state index is 0.00649. The molecular weight excluding hydrogens is 737 g/mol. The van der Waals surface area contributed by atoms with Crippen LogP contribution in [0.2, 0.25) is 0 Å². The minimum atomic E-state index is -4.38. The molecule has 0 saturated heterocycles. The van der Waals surface area contributed by atoms with Gasteiger partial charge >= 0.3 is 19.8 Å². The SMILES string of the molecule is CC/C=C\C/C=C\C/C=C\CCCCCCCC(=O)OC(COC(=O)CCCCC/C=C\C/C=C\C/C=C\C/C=C\CCCCC)COP(=O)(O)OCCN(C)C. The number of hydrogen-bond donors (Lipinski definition) is 1. The first-order valence-corrected chi connectivity index (χ1v) is 23.4. The number of phosphoric acid groups is 1. The van der Waals surface area contributed by atoms with Crippen molar-refractivity contribution in [1.29, 1.82) is 0 Å². The van der Waals surface area contributed by atoms with E-state index in [0.29, 0.717) is 19.4 Å². The van der Waals surface area contributed by atoms with E-state index < -0.39 is 32.5 Å². The summed E-state index contributed by atoms with van der Waals surface area (Å²) in [5.74, 6) is -0.867. The third-order valence-electron chi connectivity index (χ3n) is 8.69. The Morgan fingerprint density at radius 2 is 1.00 bits per heavy atom. The first-order valence-electron chi connectivity index (χ1n) is 21.9. The van der Waals surface area contributed by atoms with Gasteiger partial charge in [0.2, 0.25) is 0 Å². The molecule has 57 heavy (non-hydrogen) atoms. The fraction of sp³-hybridized carbons (Fsp3) is 0.660. The standard InChI is InChI=1S/C47H80NO8P/c1-5-7-9-11-13-15-17-19-21-22-23-24-26-27-29-31-33-35-37-39-46(49)53-43-45(44-55-57(51,52)54-42-41-48(3)4)56-47(50)40-38-36-34-32-30-28-25-20-18-16-14-12-10-8-6-2/h8,10,13-16,19-21,23-25,27,29,45H,5-7,9,11-12,17-18,22,26,28,30-44H2,1-4H3,(H,51,52)/b10-8-,15-13-,16-14-,21-19-,24-23-,25-20-,29-27-. The number of esters is 2. The van der Waals surface area contributed by atoms with Gasteiger partial charge in [0.15, 0.2) is 6.10 Å². The Kier molecular flexibility index (Phi) is 39.3. The van der Waals surface area contributed by atoms with Crippen molar-refractivity contribution >= 4 is 19.8 Å². The van der Waals surface area contributed by atoms with Crippen LogP contribution in [0.1, 0.15) is 155 Å². The molecule has 0 radical (unpaired) electrons. The highest BCUT2D eigenvalue weighted by Gasteiger charge is 2.26. The fourth-order valence-corrected chi connectivity index (χ4v) is 6.07. The van der Waals surface area contributed by atoms with Crippen LogP contribution in [-0.4, -0.2) is 68.3 Å². The number of carbonyl (C=O) groups excluding carboxylic acids is 2. The molecule has 0 aliphatic rings. The fourth-order valence-electron chi connectivity index (χ4n) is 5.33. The number of phosphoric ester groups is 1. The average Bonchev–Trinajstić information content (AvgIpc) is 3.18. The second-order valence-electron chi connectivity index (χ2n) is 14.5. The molecule has 0 bridgehead atoms. The largest absolute Gasteiger partial charge is 0.472 e. The maximum atomic E-state index is 12.6. The molecule has 0 aromatic carbocycles. The molecule has 2 atom stereocenters. The summed E-state index contributed by atoms with van der Waals surface area (Å²) in [6.45, 7) is 4.10. The zero-order chi connectivity index (χ0) is 41.9. The van der Waals surface area contributed by atoms with E-state index in [9.17, 15) is 19.0 Å². The summed E-state index contributed by atoms with van der Waals surface area (Å²) < 4.78 is 33.4. The van der Waals surface area contributed by atoms with Gasteiger partial charge in [-0.1, -0.05) is 137 Å². The lowest BCUT2D eigenvalue weighted by Crippen LogP contribution is -2.29. The topological polar surface area (TPSA) is 112 Å². The Balaban J connectivity index is 4.39. The third kappa shape index (κ3) is 42.6. The van der Waals surface area contributed by atoms with E-state index in [1.54, 1.807) is 4.90 Å². The van der Waals surface area contributed by atoms with Crippen LogP contribution >= 0.6 is 7.82 Å². The zero-order valence-corrected chi connectivity index (χ0v) is 37.1. The number of hydrogen-bond acceptors (Lipinski definition) is 8. The van der Waals surface area contributed by atoms with Crippen LogP contribution in [0, 0.1) is 0 Å². The molecule has 0 amide bonds. The molecule has 0 aliphatic carbocycles. The van der Waals surface area contributed by atoms with Crippen molar-refractivity contribution in [3.8, 4) is 0 Å². The normalized spacial score (nSPS) is 14.2. The van der Waals surface area contributed by atoms with Crippen molar-refractivity contribution in [1.82, 2.24) is 4.90 Å². The molecule has 0 rings (SSSR count). The van der Waals surface area contributed by atoms with Gasteiger partial charge in [-0.2, -0.15) is 0 Å². The molecule has 0 spiro atoms. The van der Waals surface area contributed by atoms with E-state index in [0.717, 1.165) is 89.9 Å². The first kappa shape index (κ1) is 54.2. The second-order valence-corrected chi connectivity index (χ2v) is 15.9. The summed E-state index contributed by atoms with van der Waals surface area (Å²) in [7, 11) is -0.748. The Bertz CT molecular complexity index is 1220. The summed E-state index contributed by atoms with van der Waals surface area (Å²) in [5, 5.41) is 0. The number of carbonyl (C=O) groups is 2. The summed E-state index contributed by atoms with van der Waals surface area (Å²) in [6, 6.07) is 0. The van der Waals surface area contributed by atoms with Gasteiger partial charge in [-0.25, -0.2) is 4.57 Å². The van der Waals surface area contributed by atoms with E-state index in [-0.39, 0.29) is 26.1 Å². The quantitative estimate of drug-likeness (QED) is 0.0280. The van der Waals surface area contributed by atoms with Crippen LogP contribution in [0.4, 0.5) is 0 Å². The Morgan fingerprint density at radius 1 is 0.561 bits per heavy atom. The van der Waals surface area contributed by atoms with Crippen LogP contribution in [0.25, 0.3) is 0 Å². The number of unbranched alkanes of at least 4 members (excludes halogenated alkanes) is 11. The molecule has 0 aromatic rings. The van der Waals surface area contributed by atoms with E-state index in [4.69, 9.17) is 18.5 Å². The van der Waals surface area contributed by atoms with Crippen LogP contribution in [0.15, 0.2) is 85.1 Å². The molecule has 0 saturated carbocycles. The van der Waals surface area contributed by atoms with Crippen molar-refractivity contribution in [2.75, 3.05) is 40.5 Å². The van der Waals surface area contributed by atoms with E-state index in [1.807, 2.05) is 14.1 Å². The third-order valence-corrected chi connectivity index (χ3v) is 9.67. The summed E-state index contributed by atoms with van der Waals surface area (Å²) in [4.78, 5) is 37.0. The van der Waals surface area contributed by atoms with Crippen LogP contribution < -0.4 is 0 Å². The number of nitrogens with zero attached hydrogens (tertiary/aromatic N) is 1. The van der Waals surface area contributed by atoms with Gasteiger partial charge < -0.3 is 19.3 Å². The summed E-state index contributed by atoms with van der Waals surface area (Å²) in [5.41, 5.74) is 0. The van der Waals surface area contributed by atoms with Gasteiger partial charge in [0.25, 0.3) is 0 Å². The predicted molar refractivity (Wildman–Crippen MR) is 238 cm³/mol. The van der Waals surface area contributed by atoms with Crippen LogP contribution in [-0.2, 0) is 32.7 Å². The van der Waals surface area contributed by atoms with Gasteiger partial charge in [0.1, 0.15) is 6.61 Å². The lowest BCUT2D eigenvalue weighted by atomic mass is 10.1. The molecule has 2 unspecified atom stereocenters. The summed E-state index contributed by atoms with van der Waals surface area (Å²) >= 11 is 0. The molecule has 0 fully saturated rings. The van der Waals surface area contributed by atoms with Gasteiger partial charge in [-0.3, -0.25) is 18.6 Å². The molecule has 0 aromatic heterocycles. The Morgan fingerprint density at radius 3 is 1.51 bits per heavy atom. The van der Waals surface area contributed by atoms with Crippen molar-refractivity contribution < 1.29 is 37.6 Å².